The summed E-state index contributed by atoms with van der Waals surface area (Å²) in [6, 6.07) is 9.01. The molecular weight excluding hydrogens is 396 g/mol. The SMILES string of the molecule is CCC[Si]1(F)CCC(CCC2CCC(c3ccc(OC(F)(F)F)cc3)CC2)CC1. The minimum Gasteiger partial charge on any atom is -0.406 e. The molecule has 0 spiro atoms. The zero-order valence-corrected chi connectivity index (χ0v) is 18.4. The first kappa shape index (κ1) is 22.6. The monoisotopic (exact) mass is 430 g/mol. The molecule has 0 unspecified atom stereocenters. The molecule has 1 aromatic rings. The van der Waals surface area contributed by atoms with Gasteiger partial charge in [-0.3, -0.25) is 0 Å². The van der Waals surface area contributed by atoms with Crippen molar-refractivity contribution in [2.75, 3.05) is 0 Å². The summed E-state index contributed by atoms with van der Waals surface area (Å²) < 4.78 is 55.5. The van der Waals surface area contributed by atoms with Crippen molar-refractivity contribution in [2.45, 2.75) is 95.1 Å². The van der Waals surface area contributed by atoms with Crippen LogP contribution in [-0.4, -0.2) is 14.8 Å². The molecule has 3 rings (SSSR count). The lowest BCUT2D eigenvalue weighted by molar-refractivity contribution is -0.274. The number of benzene rings is 1. The van der Waals surface area contributed by atoms with E-state index in [9.17, 15) is 17.3 Å². The number of alkyl halides is 3. The van der Waals surface area contributed by atoms with Crippen LogP contribution >= 0.6 is 0 Å². The van der Waals surface area contributed by atoms with Gasteiger partial charge in [0.2, 0.25) is 8.41 Å². The molecule has 2 fully saturated rings. The Morgan fingerprint density at radius 1 is 0.897 bits per heavy atom. The van der Waals surface area contributed by atoms with Crippen molar-refractivity contribution in [3.8, 4) is 5.75 Å². The molecule has 164 valence electrons. The fourth-order valence-electron chi connectivity index (χ4n) is 5.38. The highest BCUT2D eigenvalue weighted by Crippen LogP contribution is 2.42. The van der Waals surface area contributed by atoms with E-state index in [1.807, 2.05) is 0 Å². The summed E-state index contributed by atoms with van der Waals surface area (Å²) in [5, 5.41) is 0. The standard InChI is InChI=1S/C23H34F4OSi/c1-2-15-29(27)16-13-19(14-17-29)4-3-18-5-7-20(8-6-18)21-9-11-22(12-10-21)28-23(24,25)26/h9-12,18-20H,2-8,13-17H2,1H3. The van der Waals surface area contributed by atoms with E-state index in [0.717, 1.165) is 67.6 Å². The van der Waals surface area contributed by atoms with Crippen LogP contribution in [0.4, 0.5) is 17.3 Å². The first-order chi connectivity index (χ1) is 13.8. The van der Waals surface area contributed by atoms with Crippen molar-refractivity contribution < 1.29 is 22.0 Å². The van der Waals surface area contributed by atoms with Crippen molar-refractivity contribution in [1.29, 1.82) is 0 Å². The van der Waals surface area contributed by atoms with Gasteiger partial charge in [0, 0.05) is 0 Å². The third kappa shape index (κ3) is 7.01. The van der Waals surface area contributed by atoms with E-state index >= 15 is 0 Å². The van der Waals surface area contributed by atoms with Crippen LogP contribution in [0.5, 0.6) is 5.75 Å². The van der Waals surface area contributed by atoms with Crippen LogP contribution in [0.1, 0.15) is 76.2 Å². The molecule has 1 nitrogen and oxygen atoms in total. The summed E-state index contributed by atoms with van der Waals surface area (Å²) in [5.74, 6) is 1.76. The van der Waals surface area contributed by atoms with E-state index in [1.54, 1.807) is 12.1 Å². The topological polar surface area (TPSA) is 9.23 Å². The van der Waals surface area contributed by atoms with Crippen molar-refractivity contribution >= 4 is 8.41 Å². The average Bonchev–Trinajstić information content (AvgIpc) is 2.68. The number of hydrogen-bond acceptors (Lipinski definition) is 1. The molecule has 0 atom stereocenters. The fourth-order valence-corrected chi connectivity index (χ4v) is 8.88. The Kier molecular flexibility index (Phi) is 7.68. The van der Waals surface area contributed by atoms with Crippen LogP contribution in [0.2, 0.25) is 18.1 Å². The minimum absolute atomic E-state index is 0.151. The predicted octanol–water partition coefficient (Wildman–Crippen LogP) is 8.37. The van der Waals surface area contributed by atoms with Crippen LogP contribution in [0, 0.1) is 11.8 Å². The van der Waals surface area contributed by atoms with Crippen molar-refractivity contribution in [1.82, 2.24) is 0 Å². The molecule has 0 N–H and O–H groups in total. The Labute approximate surface area is 173 Å². The van der Waals surface area contributed by atoms with E-state index in [-0.39, 0.29) is 5.75 Å². The summed E-state index contributed by atoms with van der Waals surface area (Å²) in [5.41, 5.74) is 1.12. The first-order valence-electron chi connectivity index (χ1n) is 11.3. The van der Waals surface area contributed by atoms with E-state index in [1.165, 1.54) is 37.8 Å². The number of rotatable bonds is 7. The van der Waals surface area contributed by atoms with E-state index in [0.29, 0.717) is 5.92 Å². The average molecular weight is 431 g/mol. The summed E-state index contributed by atoms with van der Waals surface area (Å²) in [6.45, 7) is 2.10. The van der Waals surface area contributed by atoms with Gasteiger partial charge in [0.05, 0.1) is 0 Å². The molecule has 1 heterocycles. The highest BCUT2D eigenvalue weighted by Gasteiger charge is 2.38. The molecule has 1 aromatic carbocycles. The van der Waals surface area contributed by atoms with Crippen LogP contribution in [0.3, 0.4) is 0 Å². The Balaban J connectivity index is 1.38. The van der Waals surface area contributed by atoms with Crippen molar-refractivity contribution in [2.24, 2.45) is 11.8 Å². The molecule has 0 amide bonds. The van der Waals surface area contributed by atoms with E-state index in [2.05, 4.69) is 11.7 Å². The van der Waals surface area contributed by atoms with Crippen LogP contribution in [0.15, 0.2) is 24.3 Å². The van der Waals surface area contributed by atoms with Gasteiger partial charge in [0.1, 0.15) is 5.75 Å². The highest BCUT2D eigenvalue weighted by molar-refractivity contribution is 6.73. The Morgan fingerprint density at radius 2 is 1.45 bits per heavy atom. The molecule has 0 aromatic heterocycles. The molecular formula is C23H34F4OSi. The fraction of sp³-hybridized carbons (Fsp3) is 0.739. The summed E-state index contributed by atoms with van der Waals surface area (Å²) in [4.78, 5) is 0. The van der Waals surface area contributed by atoms with Gasteiger partial charge >= 0.3 is 6.36 Å². The normalized spacial score (nSPS) is 30.9. The number of ether oxygens (including phenoxy) is 1. The van der Waals surface area contributed by atoms with Gasteiger partial charge in [-0.2, -0.15) is 0 Å². The smallest absolute Gasteiger partial charge is 0.406 e. The second-order valence-electron chi connectivity index (χ2n) is 9.26. The first-order valence-corrected chi connectivity index (χ1v) is 13.8. The van der Waals surface area contributed by atoms with Gasteiger partial charge in [0.15, 0.2) is 0 Å². The van der Waals surface area contributed by atoms with Gasteiger partial charge in [-0.25, -0.2) is 0 Å². The molecule has 1 saturated carbocycles. The molecule has 6 heteroatoms. The highest BCUT2D eigenvalue weighted by atomic mass is 28.4. The maximum atomic E-state index is 14.7. The number of hydrogen-bond donors (Lipinski definition) is 0. The molecule has 0 bridgehead atoms. The van der Waals surface area contributed by atoms with Crippen LogP contribution in [-0.2, 0) is 0 Å². The second kappa shape index (κ2) is 9.84. The molecule has 0 radical (unpaired) electrons. The largest absolute Gasteiger partial charge is 0.573 e. The van der Waals surface area contributed by atoms with Gasteiger partial charge in [-0.05, 0) is 79.3 Å². The van der Waals surface area contributed by atoms with Gasteiger partial charge < -0.3 is 8.84 Å². The quantitative estimate of drug-likeness (QED) is 0.240. The van der Waals surface area contributed by atoms with Gasteiger partial charge in [0.25, 0.3) is 0 Å². The van der Waals surface area contributed by atoms with Crippen molar-refractivity contribution in [3.63, 3.8) is 0 Å². The van der Waals surface area contributed by atoms with Crippen molar-refractivity contribution in [3.05, 3.63) is 29.8 Å². The molecule has 1 aliphatic heterocycles. The van der Waals surface area contributed by atoms with E-state index in [4.69, 9.17) is 0 Å². The third-order valence-electron chi connectivity index (χ3n) is 7.11. The zero-order valence-electron chi connectivity index (χ0n) is 17.4. The maximum Gasteiger partial charge on any atom is 0.573 e. The Bertz CT molecular complexity index is 615. The van der Waals surface area contributed by atoms with Crippen LogP contribution in [0.25, 0.3) is 0 Å². The third-order valence-corrected chi connectivity index (χ3v) is 10.9. The molecule has 1 aliphatic carbocycles. The van der Waals surface area contributed by atoms with Gasteiger partial charge in [-0.1, -0.05) is 51.2 Å². The molecule has 1 saturated heterocycles. The zero-order chi connectivity index (χ0) is 20.9. The Morgan fingerprint density at radius 3 is 1.97 bits per heavy atom. The number of halogens is 4. The maximum absolute atomic E-state index is 14.7. The van der Waals surface area contributed by atoms with Crippen LogP contribution < -0.4 is 4.74 Å². The molecule has 29 heavy (non-hydrogen) atoms. The lowest BCUT2D eigenvalue weighted by Gasteiger charge is -2.33. The second-order valence-corrected chi connectivity index (χ2v) is 13.1. The summed E-state index contributed by atoms with van der Waals surface area (Å²) >= 11 is 0. The Hall–Kier alpha value is -1.04. The van der Waals surface area contributed by atoms with Gasteiger partial charge in [-0.15, -0.1) is 13.2 Å². The minimum atomic E-state index is -4.64. The van der Waals surface area contributed by atoms with E-state index < -0.39 is 14.8 Å². The predicted molar refractivity (Wildman–Crippen MR) is 111 cm³/mol. The lowest BCUT2D eigenvalue weighted by atomic mass is 9.76. The molecule has 2 aliphatic rings. The lowest BCUT2D eigenvalue weighted by Crippen LogP contribution is -2.33. The summed E-state index contributed by atoms with van der Waals surface area (Å²) in [6.07, 6.45) is 5.65. The summed E-state index contributed by atoms with van der Waals surface area (Å²) in [7, 11) is -2.38.